The molecular weight excluding hydrogens is 205 g/mol. The van der Waals surface area contributed by atoms with E-state index in [1.807, 2.05) is 13.8 Å². The quantitative estimate of drug-likeness (QED) is 0.848. The van der Waals surface area contributed by atoms with Crippen molar-refractivity contribution in [3.63, 3.8) is 0 Å². The predicted molar refractivity (Wildman–Crippen MR) is 57.3 cm³/mol. The van der Waals surface area contributed by atoms with E-state index in [1.54, 1.807) is 6.07 Å². The van der Waals surface area contributed by atoms with Gasteiger partial charge in [0.25, 0.3) is 0 Å². The molecule has 0 aliphatic heterocycles. The van der Waals surface area contributed by atoms with Gasteiger partial charge >= 0.3 is 0 Å². The second kappa shape index (κ2) is 5.83. The Morgan fingerprint density at radius 1 is 1.43 bits per heavy atom. The lowest BCUT2D eigenvalue weighted by molar-refractivity contribution is 0.239. The van der Waals surface area contributed by atoms with Crippen LogP contribution in [0.15, 0.2) is 18.2 Å². The highest BCUT2D eigenvalue weighted by atomic mass is 35.5. The maximum absolute atomic E-state index is 12.8. The Morgan fingerprint density at radius 3 is 2.57 bits per heavy atom. The van der Waals surface area contributed by atoms with E-state index in [9.17, 15) is 4.39 Å². The molecule has 0 fully saturated rings. The van der Waals surface area contributed by atoms with Crippen molar-refractivity contribution < 1.29 is 9.13 Å². The van der Waals surface area contributed by atoms with Crippen molar-refractivity contribution in [2.75, 3.05) is 0 Å². The number of benzene rings is 1. The summed E-state index contributed by atoms with van der Waals surface area (Å²) in [6, 6.07) is 4.38. The van der Waals surface area contributed by atoms with Crippen molar-refractivity contribution >= 4 is 12.4 Å². The summed E-state index contributed by atoms with van der Waals surface area (Å²) in [7, 11) is 0. The maximum atomic E-state index is 12.8. The van der Waals surface area contributed by atoms with E-state index in [-0.39, 0.29) is 24.3 Å². The first-order valence-corrected chi connectivity index (χ1v) is 4.28. The van der Waals surface area contributed by atoms with Crippen LogP contribution in [0, 0.1) is 5.82 Å². The third-order valence-electron chi connectivity index (χ3n) is 1.61. The van der Waals surface area contributed by atoms with Crippen LogP contribution < -0.4 is 10.5 Å². The van der Waals surface area contributed by atoms with Crippen molar-refractivity contribution in [2.24, 2.45) is 5.73 Å². The number of hydrogen-bond donors (Lipinski definition) is 1. The standard InChI is InChI=1S/C10H14FNO.ClH/c1-7(2)13-10-4-3-9(11)5-8(10)6-12;/h3-5,7H,6,12H2,1-2H3;1H. The number of ether oxygens (including phenoxy) is 1. The molecule has 14 heavy (non-hydrogen) atoms. The third kappa shape index (κ3) is 3.52. The van der Waals surface area contributed by atoms with Crippen LogP contribution in [0.3, 0.4) is 0 Å². The van der Waals surface area contributed by atoms with Crippen LogP contribution in [-0.4, -0.2) is 6.10 Å². The Labute approximate surface area is 89.7 Å². The lowest BCUT2D eigenvalue weighted by Crippen LogP contribution is -2.09. The average Bonchev–Trinajstić information content (AvgIpc) is 2.07. The van der Waals surface area contributed by atoms with Gasteiger partial charge in [0, 0.05) is 12.1 Å². The lowest BCUT2D eigenvalue weighted by atomic mass is 10.2. The SMILES string of the molecule is CC(C)Oc1ccc(F)cc1CN.Cl. The van der Waals surface area contributed by atoms with Gasteiger partial charge < -0.3 is 10.5 Å². The van der Waals surface area contributed by atoms with Gasteiger partial charge in [0.2, 0.25) is 0 Å². The van der Waals surface area contributed by atoms with Crippen LogP contribution >= 0.6 is 12.4 Å². The number of rotatable bonds is 3. The van der Waals surface area contributed by atoms with Gasteiger partial charge in [-0.2, -0.15) is 0 Å². The van der Waals surface area contributed by atoms with Gasteiger partial charge in [-0.05, 0) is 32.0 Å². The summed E-state index contributed by atoms with van der Waals surface area (Å²) in [5, 5.41) is 0. The Bertz CT molecular complexity index is 291. The molecule has 1 aromatic carbocycles. The molecule has 2 N–H and O–H groups in total. The van der Waals surface area contributed by atoms with Gasteiger partial charge in [0.15, 0.2) is 0 Å². The Morgan fingerprint density at radius 2 is 2.07 bits per heavy atom. The van der Waals surface area contributed by atoms with Gasteiger partial charge in [-0.1, -0.05) is 0 Å². The molecule has 0 heterocycles. The molecule has 0 saturated heterocycles. The minimum atomic E-state index is -0.281. The summed E-state index contributed by atoms with van der Waals surface area (Å²) < 4.78 is 18.2. The lowest BCUT2D eigenvalue weighted by Gasteiger charge is -2.12. The Kier molecular flexibility index (Phi) is 5.50. The fraction of sp³-hybridized carbons (Fsp3) is 0.400. The first kappa shape index (κ1) is 13.2. The normalized spacial score (nSPS) is 9.79. The summed E-state index contributed by atoms with van der Waals surface area (Å²) in [4.78, 5) is 0. The van der Waals surface area contributed by atoms with E-state index in [0.29, 0.717) is 17.9 Å². The summed E-state index contributed by atoms with van der Waals surface area (Å²) in [5.74, 6) is 0.385. The van der Waals surface area contributed by atoms with E-state index in [2.05, 4.69) is 0 Å². The van der Waals surface area contributed by atoms with E-state index >= 15 is 0 Å². The molecular formula is C10H15ClFNO. The van der Waals surface area contributed by atoms with Crippen LogP contribution in [0.5, 0.6) is 5.75 Å². The number of halogens is 2. The molecule has 1 rings (SSSR count). The Hall–Kier alpha value is -0.800. The van der Waals surface area contributed by atoms with Gasteiger partial charge in [-0.15, -0.1) is 12.4 Å². The molecule has 0 spiro atoms. The second-order valence-corrected chi connectivity index (χ2v) is 3.12. The molecule has 0 aliphatic rings. The monoisotopic (exact) mass is 219 g/mol. The highest BCUT2D eigenvalue weighted by Gasteiger charge is 2.04. The number of hydrogen-bond acceptors (Lipinski definition) is 2. The van der Waals surface area contributed by atoms with Crippen molar-refractivity contribution in [3.8, 4) is 5.75 Å². The van der Waals surface area contributed by atoms with Crippen LogP contribution in [0.4, 0.5) is 4.39 Å². The fourth-order valence-corrected chi connectivity index (χ4v) is 1.08. The molecule has 1 aromatic rings. The van der Waals surface area contributed by atoms with Crippen LogP contribution in [0.2, 0.25) is 0 Å². The van der Waals surface area contributed by atoms with Crippen LogP contribution in [-0.2, 0) is 6.54 Å². The molecule has 0 saturated carbocycles. The molecule has 4 heteroatoms. The van der Waals surface area contributed by atoms with Gasteiger partial charge in [-0.3, -0.25) is 0 Å². The predicted octanol–water partition coefficient (Wildman–Crippen LogP) is 2.49. The molecule has 80 valence electrons. The zero-order valence-corrected chi connectivity index (χ0v) is 9.10. The first-order chi connectivity index (χ1) is 6.13. The largest absolute Gasteiger partial charge is 0.491 e. The third-order valence-corrected chi connectivity index (χ3v) is 1.61. The topological polar surface area (TPSA) is 35.2 Å². The molecule has 2 nitrogen and oxygen atoms in total. The van der Waals surface area contributed by atoms with E-state index in [0.717, 1.165) is 0 Å². The molecule has 0 atom stereocenters. The van der Waals surface area contributed by atoms with Crippen molar-refractivity contribution in [1.29, 1.82) is 0 Å². The Balaban J connectivity index is 0.00000169. The van der Waals surface area contributed by atoms with Gasteiger partial charge in [-0.25, -0.2) is 4.39 Å². The maximum Gasteiger partial charge on any atom is 0.124 e. The summed E-state index contributed by atoms with van der Waals surface area (Å²) in [6.07, 6.45) is 0.0794. The zero-order chi connectivity index (χ0) is 9.84. The molecule has 0 aromatic heterocycles. The zero-order valence-electron chi connectivity index (χ0n) is 8.29. The molecule has 0 radical (unpaired) electrons. The van der Waals surface area contributed by atoms with E-state index in [1.165, 1.54) is 12.1 Å². The summed E-state index contributed by atoms with van der Waals surface area (Å²) in [6.45, 7) is 4.13. The van der Waals surface area contributed by atoms with Crippen molar-refractivity contribution in [2.45, 2.75) is 26.5 Å². The van der Waals surface area contributed by atoms with E-state index < -0.39 is 0 Å². The summed E-state index contributed by atoms with van der Waals surface area (Å²) in [5.41, 5.74) is 6.15. The highest BCUT2D eigenvalue weighted by molar-refractivity contribution is 5.85. The van der Waals surface area contributed by atoms with Crippen LogP contribution in [0.25, 0.3) is 0 Å². The smallest absolute Gasteiger partial charge is 0.124 e. The van der Waals surface area contributed by atoms with E-state index in [4.69, 9.17) is 10.5 Å². The minimum Gasteiger partial charge on any atom is -0.491 e. The molecule has 0 aliphatic carbocycles. The number of nitrogens with two attached hydrogens (primary N) is 1. The van der Waals surface area contributed by atoms with Crippen molar-refractivity contribution in [1.82, 2.24) is 0 Å². The van der Waals surface area contributed by atoms with Crippen LogP contribution in [0.1, 0.15) is 19.4 Å². The van der Waals surface area contributed by atoms with Gasteiger partial charge in [0.1, 0.15) is 11.6 Å². The van der Waals surface area contributed by atoms with Gasteiger partial charge in [0.05, 0.1) is 6.10 Å². The molecule has 0 unspecified atom stereocenters. The fourth-order valence-electron chi connectivity index (χ4n) is 1.08. The molecule has 0 amide bonds. The average molecular weight is 220 g/mol. The highest BCUT2D eigenvalue weighted by Crippen LogP contribution is 2.20. The minimum absolute atomic E-state index is 0. The molecule has 0 bridgehead atoms. The second-order valence-electron chi connectivity index (χ2n) is 3.12. The first-order valence-electron chi connectivity index (χ1n) is 4.28. The summed E-state index contributed by atoms with van der Waals surface area (Å²) >= 11 is 0. The van der Waals surface area contributed by atoms with Crippen molar-refractivity contribution in [3.05, 3.63) is 29.6 Å².